The lowest BCUT2D eigenvalue weighted by atomic mass is 10.2. The molecule has 1 aromatic heterocycles. The Morgan fingerprint density at radius 1 is 1.07 bits per heavy atom. The Kier molecular flexibility index (Phi) is 6.61. The topological polar surface area (TPSA) is 95.7 Å². The zero-order chi connectivity index (χ0) is 20.8. The predicted molar refractivity (Wildman–Crippen MR) is 110 cm³/mol. The number of ether oxygens (including phenoxy) is 3. The second-order valence-corrected chi connectivity index (χ2v) is 7.02. The summed E-state index contributed by atoms with van der Waals surface area (Å²) in [6.07, 6.45) is 0. The first kappa shape index (κ1) is 20.5. The third-order valence-electron chi connectivity index (χ3n) is 3.99. The Balaban J connectivity index is 1.86. The first-order chi connectivity index (χ1) is 14.1. The van der Waals surface area contributed by atoms with E-state index in [4.69, 9.17) is 18.6 Å². The highest BCUT2D eigenvalue weighted by atomic mass is 32.2. The van der Waals surface area contributed by atoms with Gasteiger partial charge in [0.15, 0.2) is 11.5 Å². The van der Waals surface area contributed by atoms with Crippen LogP contribution >= 0.6 is 11.8 Å². The van der Waals surface area contributed by atoms with E-state index in [1.165, 1.54) is 21.3 Å². The van der Waals surface area contributed by atoms with Crippen LogP contribution in [0, 0.1) is 0 Å². The number of rotatable bonds is 8. The number of aromatic nitrogens is 2. The molecule has 152 valence electrons. The van der Waals surface area contributed by atoms with Gasteiger partial charge in [-0.1, -0.05) is 24.2 Å². The Bertz CT molecular complexity index is 980. The van der Waals surface area contributed by atoms with Crippen molar-refractivity contribution in [2.45, 2.75) is 11.8 Å². The van der Waals surface area contributed by atoms with Crippen LogP contribution in [0.25, 0.3) is 11.5 Å². The summed E-state index contributed by atoms with van der Waals surface area (Å²) in [5, 5.41) is 10.6. The van der Waals surface area contributed by atoms with Crippen LogP contribution in [-0.4, -0.2) is 43.2 Å². The molecule has 0 unspecified atom stereocenters. The van der Waals surface area contributed by atoms with Gasteiger partial charge in [-0.25, -0.2) is 0 Å². The molecule has 1 heterocycles. The summed E-state index contributed by atoms with van der Waals surface area (Å²) in [5.41, 5.74) is 1.11. The monoisotopic (exact) mass is 415 g/mol. The number of nitrogens with one attached hydrogen (secondary N) is 1. The van der Waals surface area contributed by atoms with Gasteiger partial charge < -0.3 is 18.6 Å². The fraction of sp³-hybridized carbons (Fsp3) is 0.250. The lowest BCUT2D eigenvalue weighted by molar-refractivity contribution is 0.102. The second-order valence-electron chi connectivity index (χ2n) is 5.71. The van der Waals surface area contributed by atoms with E-state index in [0.717, 1.165) is 10.6 Å². The summed E-state index contributed by atoms with van der Waals surface area (Å²) in [4.78, 5) is 13.5. The average Bonchev–Trinajstić information content (AvgIpc) is 3.21. The van der Waals surface area contributed by atoms with Crippen LogP contribution in [0.5, 0.6) is 17.2 Å². The van der Waals surface area contributed by atoms with Crippen LogP contribution in [-0.2, 0) is 0 Å². The molecule has 0 aliphatic carbocycles. The van der Waals surface area contributed by atoms with Gasteiger partial charge in [-0.2, -0.15) is 0 Å². The molecular weight excluding hydrogens is 394 g/mol. The smallest absolute Gasteiger partial charge is 0.322 e. The fourth-order valence-electron chi connectivity index (χ4n) is 2.70. The van der Waals surface area contributed by atoms with Gasteiger partial charge in [-0.05, 0) is 30.0 Å². The van der Waals surface area contributed by atoms with E-state index in [1.807, 2.05) is 25.1 Å². The minimum Gasteiger partial charge on any atom is -0.493 e. The third-order valence-corrected chi connectivity index (χ3v) is 4.94. The quantitative estimate of drug-likeness (QED) is 0.549. The number of hydrogen-bond donors (Lipinski definition) is 1. The molecule has 3 aromatic rings. The van der Waals surface area contributed by atoms with Gasteiger partial charge in [0, 0.05) is 10.5 Å². The lowest BCUT2D eigenvalue weighted by Crippen LogP contribution is -2.13. The highest BCUT2D eigenvalue weighted by molar-refractivity contribution is 7.99. The summed E-state index contributed by atoms with van der Waals surface area (Å²) in [5.74, 6) is 2.11. The Morgan fingerprint density at radius 3 is 2.38 bits per heavy atom. The molecule has 1 amide bonds. The first-order valence-electron chi connectivity index (χ1n) is 8.78. The van der Waals surface area contributed by atoms with Crippen LogP contribution in [0.15, 0.2) is 45.7 Å². The molecule has 0 fully saturated rings. The van der Waals surface area contributed by atoms with Crippen molar-refractivity contribution in [3.05, 3.63) is 42.0 Å². The van der Waals surface area contributed by atoms with E-state index >= 15 is 0 Å². The van der Waals surface area contributed by atoms with Crippen molar-refractivity contribution < 1.29 is 23.4 Å². The van der Waals surface area contributed by atoms with E-state index in [0.29, 0.717) is 28.4 Å². The summed E-state index contributed by atoms with van der Waals surface area (Å²) in [7, 11) is 4.56. The molecular formula is C20H21N3O5S. The maximum Gasteiger partial charge on any atom is 0.322 e. The van der Waals surface area contributed by atoms with Gasteiger partial charge in [0.05, 0.1) is 26.9 Å². The molecule has 0 saturated carbocycles. The van der Waals surface area contributed by atoms with Gasteiger partial charge in [-0.15, -0.1) is 16.9 Å². The SMILES string of the molecule is CCSc1ccccc1C(=O)Nc1nnc(-c2cc(OC)c(OC)c(OC)c2)o1. The molecule has 9 heteroatoms. The number of nitrogens with zero attached hydrogens (tertiary/aromatic N) is 2. The van der Waals surface area contributed by atoms with Crippen LogP contribution in [0.3, 0.4) is 0 Å². The molecule has 0 radical (unpaired) electrons. The number of hydrogen-bond acceptors (Lipinski definition) is 8. The van der Waals surface area contributed by atoms with Gasteiger partial charge in [-0.3, -0.25) is 10.1 Å². The van der Waals surface area contributed by atoms with Crippen LogP contribution in [0.1, 0.15) is 17.3 Å². The van der Waals surface area contributed by atoms with E-state index < -0.39 is 0 Å². The number of carbonyl (C=O) groups is 1. The van der Waals surface area contributed by atoms with E-state index in [-0.39, 0.29) is 17.8 Å². The van der Waals surface area contributed by atoms with E-state index in [2.05, 4.69) is 15.5 Å². The van der Waals surface area contributed by atoms with Crippen molar-refractivity contribution in [2.24, 2.45) is 0 Å². The van der Waals surface area contributed by atoms with Crippen molar-refractivity contribution >= 4 is 23.7 Å². The number of benzene rings is 2. The molecule has 0 saturated heterocycles. The van der Waals surface area contributed by atoms with Crippen LogP contribution < -0.4 is 19.5 Å². The average molecular weight is 415 g/mol. The molecule has 0 aliphatic heterocycles. The Hall–Kier alpha value is -3.20. The van der Waals surface area contributed by atoms with Crippen molar-refractivity contribution in [2.75, 3.05) is 32.4 Å². The fourth-order valence-corrected chi connectivity index (χ4v) is 3.50. The second kappa shape index (κ2) is 9.33. The van der Waals surface area contributed by atoms with E-state index in [1.54, 1.807) is 30.0 Å². The highest BCUT2D eigenvalue weighted by Gasteiger charge is 2.19. The molecule has 2 aromatic carbocycles. The van der Waals surface area contributed by atoms with Crippen molar-refractivity contribution in [3.63, 3.8) is 0 Å². The largest absolute Gasteiger partial charge is 0.493 e. The zero-order valence-electron chi connectivity index (χ0n) is 16.5. The number of anilines is 1. The van der Waals surface area contributed by atoms with Crippen LogP contribution in [0.4, 0.5) is 6.01 Å². The third kappa shape index (κ3) is 4.45. The molecule has 1 N–H and O–H groups in total. The molecule has 0 atom stereocenters. The van der Waals surface area contributed by atoms with Crippen molar-refractivity contribution in [1.82, 2.24) is 10.2 Å². The molecule has 0 bridgehead atoms. The number of methoxy groups -OCH3 is 3. The predicted octanol–water partition coefficient (Wildman–Crippen LogP) is 4.13. The first-order valence-corrected chi connectivity index (χ1v) is 9.76. The van der Waals surface area contributed by atoms with Gasteiger partial charge in [0.1, 0.15) is 0 Å². The maximum atomic E-state index is 12.6. The maximum absolute atomic E-state index is 12.6. The van der Waals surface area contributed by atoms with Crippen molar-refractivity contribution in [3.8, 4) is 28.7 Å². The van der Waals surface area contributed by atoms with Gasteiger partial charge in [0.25, 0.3) is 5.91 Å². The Labute approximate surface area is 172 Å². The van der Waals surface area contributed by atoms with Gasteiger partial charge >= 0.3 is 6.01 Å². The summed E-state index contributed by atoms with van der Waals surface area (Å²) >= 11 is 1.59. The minimum absolute atomic E-state index is 0.00458. The molecule has 8 nitrogen and oxygen atoms in total. The zero-order valence-corrected chi connectivity index (χ0v) is 17.3. The molecule has 29 heavy (non-hydrogen) atoms. The Morgan fingerprint density at radius 2 is 1.76 bits per heavy atom. The van der Waals surface area contributed by atoms with E-state index in [9.17, 15) is 4.79 Å². The molecule has 0 aliphatic rings. The molecule has 3 rings (SSSR count). The van der Waals surface area contributed by atoms with Crippen molar-refractivity contribution in [1.29, 1.82) is 0 Å². The number of thioether (sulfide) groups is 1. The minimum atomic E-state index is -0.318. The van der Waals surface area contributed by atoms with Crippen LogP contribution in [0.2, 0.25) is 0 Å². The standard InChI is InChI=1S/C20H21N3O5S/c1-5-29-16-9-7-6-8-13(16)18(24)21-20-23-22-19(28-20)12-10-14(25-2)17(27-4)15(11-12)26-3/h6-11H,5H2,1-4H3,(H,21,23,24). The summed E-state index contributed by atoms with van der Waals surface area (Å²) < 4.78 is 21.6. The highest BCUT2D eigenvalue weighted by Crippen LogP contribution is 2.41. The number of amides is 1. The number of carbonyl (C=O) groups excluding carboxylic acids is 1. The molecule has 0 spiro atoms. The lowest BCUT2D eigenvalue weighted by Gasteiger charge is -2.12. The normalized spacial score (nSPS) is 10.5. The van der Waals surface area contributed by atoms with Gasteiger partial charge in [0.2, 0.25) is 11.6 Å². The summed E-state index contributed by atoms with van der Waals surface area (Å²) in [6.45, 7) is 2.03. The summed E-state index contributed by atoms with van der Waals surface area (Å²) in [6, 6.07) is 10.7.